The molecule has 1 amide bonds. The largest absolute Gasteiger partial charge is 0.421 e. The van der Waals surface area contributed by atoms with Gasteiger partial charge in [-0.05, 0) is 30.7 Å². The molecule has 1 N–H and O–H groups in total. The van der Waals surface area contributed by atoms with Crippen LogP contribution in [0, 0.1) is 6.92 Å². The molecule has 3 rings (SSSR count). The van der Waals surface area contributed by atoms with Gasteiger partial charge in [-0.15, -0.1) is 10.2 Å². The lowest BCUT2D eigenvalue weighted by molar-refractivity contribution is -0.116. The number of nitrogens with zero attached hydrogens (tertiary/aromatic N) is 2. The van der Waals surface area contributed by atoms with Crippen LogP contribution in [0.5, 0.6) is 0 Å². The van der Waals surface area contributed by atoms with Gasteiger partial charge in [0, 0.05) is 18.5 Å². The predicted molar refractivity (Wildman–Crippen MR) is 92.9 cm³/mol. The van der Waals surface area contributed by atoms with E-state index in [1.54, 1.807) is 6.07 Å². The average molecular weight is 342 g/mol. The molecule has 6 heteroatoms. The zero-order valence-electron chi connectivity index (χ0n) is 13.1. The maximum absolute atomic E-state index is 12.0. The van der Waals surface area contributed by atoms with E-state index in [0.717, 1.165) is 11.3 Å². The second kappa shape index (κ2) is 7.27. The van der Waals surface area contributed by atoms with Crippen LogP contribution in [0.1, 0.15) is 17.9 Å². The number of rotatable bonds is 5. The summed E-state index contributed by atoms with van der Waals surface area (Å²) in [5.74, 6) is 0.668. The van der Waals surface area contributed by atoms with E-state index >= 15 is 0 Å². The second-order valence-electron chi connectivity index (χ2n) is 5.34. The van der Waals surface area contributed by atoms with E-state index in [2.05, 4.69) is 15.5 Å². The van der Waals surface area contributed by atoms with Crippen LogP contribution < -0.4 is 5.32 Å². The summed E-state index contributed by atoms with van der Waals surface area (Å²) in [5.41, 5.74) is 2.51. The fourth-order valence-corrected chi connectivity index (χ4v) is 2.46. The second-order valence-corrected chi connectivity index (χ2v) is 5.75. The topological polar surface area (TPSA) is 68.0 Å². The first-order valence-electron chi connectivity index (χ1n) is 7.56. The van der Waals surface area contributed by atoms with E-state index in [1.165, 1.54) is 0 Å². The van der Waals surface area contributed by atoms with Crippen LogP contribution in [-0.2, 0) is 11.2 Å². The number of carbonyl (C=O) groups is 1. The highest BCUT2D eigenvalue weighted by Crippen LogP contribution is 2.26. The van der Waals surface area contributed by atoms with E-state index in [0.29, 0.717) is 28.8 Å². The molecule has 0 saturated heterocycles. The van der Waals surface area contributed by atoms with Crippen LogP contribution in [0.4, 0.5) is 5.69 Å². The van der Waals surface area contributed by atoms with Crippen LogP contribution in [0.3, 0.4) is 0 Å². The van der Waals surface area contributed by atoms with Crippen LogP contribution in [0.2, 0.25) is 5.02 Å². The van der Waals surface area contributed by atoms with Crippen molar-refractivity contribution in [3.05, 3.63) is 65.0 Å². The maximum Gasteiger partial charge on any atom is 0.249 e. The molecule has 1 heterocycles. The van der Waals surface area contributed by atoms with Gasteiger partial charge in [0.25, 0.3) is 0 Å². The molecule has 5 nitrogen and oxygen atoms in total. The van der Waals surface area contributed by atoms with Crippen molar-refractivity contribution in [2.75, 3.05) is 5.32 Å². The molecule has 2 aromatic carbocycles. The lowest BCUT2D eigenvalue weighted by Gasteiger charge is -2.06. The smallest absolute Gasteiger partial charge is 0.249 e. The van der Waals surface area contributed by atoms with E-state index in [-0.39, 0.29) is 12.3 Å². The summed E-state index contributed by atoms with van der Waals surface area (Å²) >= 11 is 6.11. The summed E-state index contributed by atoms with van der Waals surface area (Å²) in [5, 5.41) is 11.4. The summed E-state index contributed by atoms with van der Waals surface area (Å²) in [6.07, 6.45) is 0.633. The minimum absolute atomic E-state index is 0.0956. The molecule has 0 fully saturated rings. The number of benzene rings is 2. The number of amides is 1. The predicted octanol–water partition coefficient (Wildman–Crippen LogP) is 4.27. The molecule has 3 aromatic rings. The fourth-order valence-electron chi connectivity index (χ4n) is 2.24. The molecule has 0 bridgehead atoms. The van der Waals surface area contributed by atoms with Crippen molar-refractivity contribution < 1.29 is 9.21 Å². The fraction of sp³-hybridized carbons (Fsp3) is 0.167. The van der Waals surface area contributed by atoms with E-state index in [4.69, 9.17) is 16.0 Å². The van der Waals surface area contributed by atoms with Gasteiger partial charge < -0.3 is 9.73 Å². The zero-order valence-corrected chi connectivity index (χ0v) is 13.9. The van der Waals surface area contributed by atoms with Crippen LogP contribution in [0.15, 0.2) is 52.9 Å². The Balaban J connectivity index is 1.61. The third-order valence-corrected chi connectivity index (χ3v) is 3.89. The lowest BCUT2D eigenvalue weighted by Crippen LogP contribution is -2.13. The monoisotopic (exact) mass is 341 g/mol. The zero-order chi connectivity index (χ0) is 16.9. The van der Waals surface area contributed by atoms with E-state index in [9.17, 15) is 4.79 Å². The van der Waals surface area contributed by atoms with Gasteiger partial charge in [0.2, 0.25) is 17.7 Å². The Morgan fingerprint density at radius 3 is 2.67 bits per heavy atom. The van der Waals surface area contributed by atoms with Gasteiger partial charge >= 0.3 is 0 Å². The third-order valence-electron chi connectivity index (χ3n) is 3.56. The van der Waals surface area contributed by atoms with Gasteiger partial charge in [0.1, 0.15) is 0 Å². The molecule has 0 saturated carbocycles. The SMILES string of the molecule is Cc1ccccc1NC(=O)CCc1nnc(-c2ccccc2Cl)o1. The Morgan fingerprint density at radius 1 is 1.12 bits per heavy atom. The van der Waals surface area contributed by atoms with Gasteiger partial charge in [-0.2, -0.15) is 0 Å². The highest BCUT2D eigenvalue weighted by Gasteiger charge is 2.13. The Hall–Kier alpha value is -2.66. The molecule has 0 aliphatic rings. The Bertz CT molecular complexity index is 861. The number of aromatic nitrogens is 2. The van der Waals surface area contributed by atoms with Crippen molar-refractivity contribution >= 4 is 23.2 Å². The summed E-state index contributed by atoms with van der Waals surface area (Å²) in [7, 11) is 0. The molecule has 24 heavy (non-hydrogen) atoms. The molecule has 1 aromatic heterocycles. The molecular formula is C18H16ClN3O2. The van der Waals surface area contributed by atoms with Crippen molar-refractivity contribution in [2.24, 2.45) is 0 Å². The van der Waals surface area contributed by atoms with Crippen molar-refractivity contribution in [3.63, 3.8) is 0 Å². The van der Waals surface area contributed by atoms with E-state index in [1.807, 2.05) is 49.4 Å². The molecule has 0 spiro atoms. The van der Waals surface area contributed by atoms with Crippen LogP contribution >= 0.6 is 11.6 Å². The van der Waals surface area contributed by atoms with Crippen LogP contribution in [-0.4, -0.2) is 16.1 Å². The number of hydrogen-bond acceptors (Lipinski definition) is 4. The summed E-state index contributed by atoms with van der Waals surface area (Å²) in [6.45, 7) is 1.95. The van der Waals surface area contributed by atoms with Gasteiger partial charge in [0.15, 0.2) is 0 Å². The Kier molecular flexibility index (Phi) is 4.91. The number of anilines is 1. The summed E-state index contributed by atoms with van der Waals surface area (Å²) in [4.78, 5) is 12.0. The number of nitrogens with one attached hydrogen (secondary N) is 1. The number of halogens is 1. The molecule has 0 aliphatic heterocycles. The van der Waals surface area contributed by atoms with Gasteiger partial charge in [-0.25, -0.2) is 0 Å². The normalized spacial score (nSPS) is 10.6. The molecule has 0 aliphatic carbocycles. The molecule has 0 radical (unpaired) electrons. The molecule has 122 valence electrons. The van der Waals surface area contributed by atoms with Crippen molar-refractivity contribution in [1.29, 1.82) is 0 Å². The average Bonchev–Trinajstić information content (AvgIpc) is 3.04. The maximum atomic E-state index is 12.0. The van der Waals surface area contributed by atoms with Gasteiger partial charge in [-0.1, -0.05) is 41.9 Å². The molecule has 0 atom stereocenters. The highest BCUT2D eigenvalue weighted by molar-refractivity contribution is 6.33. The first kappa shape index (κ1) is 16.2. The first-order chi connectivity index (χ1) is 11.6. The lowest BCUT2D eigenvalue weighted by atomic mass is 10.2. The van der Waals surface area contributed by atoms with Crippen molar-refractivity contribution in [1.82, 2.24) is 10.2 Å². The number of aryl methyl sites for hydroxylation is 2. The summed E-state index contributed by atoms with van der Waals surface area (Å²) in [6, 6.07) is 14.9. The minimum atomic E-state index is -0.0956. The standard InChI is InChI=1S/C18H16ClN3O2/c1-12-6-2-5-9-15(12)20-16(23)10-11-17-21-22-18(24-17)13-7-3-4-8-14(13)19/h2-9H,10-11H2,1H3,(H,20,23). The van der Waals surface area contributed by atoms with Gasteiger partial charge in [0.05, 0.1) is 10.6 Å². The first-order valence-corrected chi connectivity index (χ1v) is 7.94. The minimum Gasteiger partial charge on any atom is -0.421 e. The summed E-state index contributed by atoms with van der Waals surface area (Å²) < 4.78 is 5.59. The Morgan fingerprint density at radius 2 is 1.88 bits per heavy atom. The van der Waals surface area contributed by atoms with Crippen molar-refractivity contribution in [2.45, 2.75) is 19.8 Å². The number of para-hydroxylation sites is 1. The van der Waals surface area contributed by atoms with Gasteiger partial charge in [-0.3, -0.25) is 4.79 Å². The Labute approximate surface area is 144 Å². The number of hydrogen-bond donors (Lipinski definition) is 1. The molecular weight excluding hydrogens is 326 g/mol. The third kappa shape index (κ3) is 3.81. The number of carbonyl (C=O) groups excluding carboxylic acids is 1. The van der Waals surface area contributed by atoms with Crippen LogP contribution in [0.25, 0.3) is 11.5 Å². The van der Waals surface area contributed by atoms with E-state index < -0.39 is 0 Å². The van der Waals surface area contributed by atoms with Crippen molar-refractivity contribution in [3.8, 4) is 11.5 Å². The molecule has 0 unspecified atom stereocenters. The quantitative estimate of drug-likeness (QED) is 0.752. The highest BCUT2D eigenvalue weighted by atomic mass is 35.5.